The SMILES string of the molecule is CCCCCN(CCN)Cc1ccc(OC(F)(F)F)cc1. The Hall–Kier alpha value is -1.27. The Bertz CT molecular complexity index is 393. The van der Waals surface area contributed by atoms with E-state index in [9.17, 15) is 13.2 Å². The van der Waals surface area contributed by atoms with E-state index >= 15 is 0 Å². The van der Waals surface area contributed by atoms with Gasteiger partial charge in [0.05, 0.1) is 0 Å². The zero-order valence-electron chi connectivity index (χ0n) is 12.3. The van der Waals surface area contributed by atoms with Crippen LogP contribution in [0, 0.1) is 0 Å². The Balaban J connectivity index is 2.54. The molecule has 1 aromatic rings. The Morgan fingerprint density at radius 3 is 2.29 bits per heavy atom. The van der Waals surface area contributed by atoms with Gasteiger partial charge in [0.15, 0.2) is 0 Å². The molecule has 0 aliphatic carbocycles. The lowest BCUT2D eigenvalue weighted by Crippen LogP contribution is -2.30. The number of unbranched alkanes of at least 4 members (excludes halogenated alkanes) is 2. The molecule has 3 nitrogen and oxygen atoms in total. The minimum absolute atomic E-state index is 0.192. The quantitative estimate of drug-likeness (QED) is 0.709. The summed E-state index contributed by atoms with van der Waals surface area (Å²) in [6.45, 7) is 5.14. The molecule has 0 aliphatic rings. The number of nitrogens with two attached hydrogens (primary N) is 1. The summed E-state index contributed by atoms with van der Waals surface area (Å²) in [5.74, 6) is -0.192. The van der Waals surface area contributed by atoms with Gasteiger partial charge in [-0.25, -0.2) is 0 Å². The van der Waals surface area contributed by atoms with Crippen LogP contribution in [0.4, 0.5) is 13.2 Å². The molecule has 2 N–H and O–H groups in total. The van der Waals surface area contributed by atoms with Gasteiger partial charge >= 0.3 is 6.36 Å². The van der Waals surface area contributed by atoms with Crippen LogP contribution in [0.2, 0.25) is 0 Å². The van der Waals surface area contributed by atoms with Crippen LogP contribution in [0.15, 0.2) is 24.3 Å². The predicted octanol–water partition coefficient (Wildman–Crippen LogP) is 3.54. The minimum Gasteiger partial charge on any atom is -0.406 e. The highest BCUT2D eigenvalue weighted by Crippen LogP contribution is 2.23. The smallest absolute Gasteiger partial charge is 0.406 e. The summed E-state index contributed by atoms with van der Waals surface area (Å²) in [5.41, 5.74) is 6.55. The molecule has 0 aromatic heterocycles. The highest BCUT2D eigenvalue weighted by atomic mass is 19.4. The maximum absolute atomic E-state index is 12.1. The molecule has 0 saturated heterocycles. The van der Waals surface area contributed by atoms with Gasteiger partial charge < -0.3 is 10.5 Å². The molecule has 0 aliphatic heterocycles. The summed E-state index contributed by atoms with van der Waals surface area (Å²) in [7, 11) is 0. The Morgan fingerprint density at radius 2 is 1.76 bits per heavy atom. The Labute approximate surface area is 123 Å². The Morgan fingerprint density at radius 1 is 1.10 bits per heavy atom. The molecular formula is C15H23F3N2O. The third kappa shape index (κ3) is 7.92. The van der Waals surface area contributed by atoms with Crippen LogP contribution in [0.1, 0.15) is 31.7 Å². The van der Waals surface area contributed by atoms with Crippen molar-refractivity contribution in [3.63, 3.8) is 0 Å². The van der Waals surface area contributed by atoms with E-state index in [1.54, 1.807) is 12.1 Å². The van der Waals surface area contributed by atoms with E-state index in [-0.39, 0.29) is 5.75 Å². The topological polar surface area (TPSA) is 38.5 Å². The van der Waals surface area contributed by atoms with Gasteiger partial charge in [0.25, 0.3) is 0 Å². The summed E-state index contributed by atoms with van der Waals surface area (Å²) in [4.78, 5) is 2.22. The number of hydrogen-bond acceptors (Lipinski definition) is 3. The molecule has 6 heteroatoms. The van der Waals surface area contributed by atoms with Gasteiger partial charge in [-0.3, -0.25) is 4.90 Å². The first-order valence-corrected chi connectivity index (χ1v) is 7.21. The van der Waals surface area contributed by atoms with Crippen LogP contribution in [0.3, 0.4) is 0 Å². The first-order valence-electron chi connectivity index (χ1n) is 7.21. The molecule has 1 aromatic carbocycles. The van der Waals surface area contributed by atoms with Crippen molar-refractivity contribution in [1.29, 1.82) is 0 Å². The molecule has 0 spiro atoms. The molecule has 0 heterocycles. The third-order valence-corrected chi connectivity index (χ3v) is 3.09. The lowest BCUT2D eigenvalue weighted by molar-refractivity contribution is -0.274. The first-order chi connectivity index (χ1) is 9.94. The summed E-state index contributed by atoms with van der Waals surface area (Å²) >= 11 is 0. The fraction of sp³-hybridized carbons (Fsp3) is 0.600. The van der Waals surface area contributed by atoms with Gasteiger partial charge in [-0.2, -0.15) is 0 Å². The zero-order chi connectivity index (χ0) is 15.7. The molecule has 0 fully saturated rings. The molecular weight excluding hydrogens is 281 g/mol. The highest BCUT2D eigenvalue weighted by Gasteiger charge is 2.30. The van der Waals surface area contributed by atoms with E-state index in [4.69, 9.17) is 5.73 Å². The van der Waals surface area contributed by atoms with Crippen molar-refractivity contribution in [3.8, 4) is 5.75 Å². The van der Waals surface area contributed by atoms with Crippen molar-refractivity contribution in [1.82, 2.24) is 4.90 Å². The monoisotopic (exact) mass is 304 g/mol. The molecule has 0 radical (unpaired) electrons. The number of halogens is 3. The maximum Gasteiger partial charge on any atom is 0.573 e. The average molecular weight is 304 g/mol. The van der Waals surface area contributed by atoms with E-state index in [1.165, 1.54) is 18.6 Å². The van der Waals surface area contributed by atoms with E-state index in [2.05, 4.69) is 16.6 Å². The Kier molecular flexibility index (Phi) is 7.53. The van der Waals surface area contributed by atoms with Crippen molar-refractivity contribution in [2.75, 3.05) is 19.6 Å². The molecule has 0 bridgehead atoms. The van der Waals surface area contributed by atoms with E-state index < -0.39 is 6.36 Å². The van der Waals surface area contributed by atoms with Crippen LogP contribution in [-0.2, 0) is 6.54 Å². The van der Waals surface area contributed by atoms with Crippen molar-refractivity contribution >= 4 is 0 Å². The van der Waals surface area contributed by atoms with Crippen molar-refractivity contribution < 1.29 is 17.9 Å². The van der Waals surface area contributed by atoms with Gasteiger partial charge in [0.1, 0.15) is 5.75 Å². The fourth-order valence-corrected chi connectivity index (χ4v) is 2.09. The number of benzene rings is 1. The number of hydrogen-bond donors (Lipinski definition) is 1. The van der Waals surface area contributed by atoms with Crippen LogP contribution >= 0.6 is 0 Å². The first kappa shape index (κ1) is 17.8. The molecule has 0 amide bonds. The van der Waals surface area contributed by atoms with Gasteiger partial charge in [0.2, 0.25) is 0 Å². The van der Waals surface area contributed by atoms with Crippen LogP contribution in [0.25, 0.3) is 0 Å². The van der Waals surface area contributed by atoms with Gasteiger partial charge in [-0.1, -0.05) is 31.9 Å². The number of ether oxygens (including phenoxy) is 1. The van der Waals surface area contributed by atoms with E-state index in [0.717, 1.165) is 31.5 Å². The van der Waals surface area contributed by atoms with Gasteiger partial charge in [-0.15, -0.1) is 13.2 Å². The summed E-state index contributed by atoms with van der Waals surface area (Å²) < 4.78 is 40.1. The second kappa shape index (κ2) is 8.89. The predicted molar refractivity (Wildman–Crippen MR) is 77.0 cm³/mol. The van der Waals surface area contributed by atoms with Crippen LogP contribution < -0.4 is 10.5 Å². The lowest BCUT2D eigenvalue weighted by Gasteiger charge is -2.21. The van der Waals surface area contributed by atoms with Crippen molar-refractivity contribution in [2.24, 2.45) is 5.73 Å². The molecule has 0 saturated carbocycles. The number of nitrogens with zero attached hydrogens (tertiary/aromatic N) is 1. The van der Waals surface area contributed by atoms with Crippen molar-refractivity contribution in [2.45, 2.75) is 39.1 Å². The second-order valence-electron chi connectivity index (χ2n) is 4.96. The second-order valence-corrected chi connectivity index (χ2v) is 4.96. The summed E-state index contributed by atoms with van der Waals surface area (Å²) in [6, 6.07) is 6.00. The largest absolute Gasteiger partial charge is 0.573 e. The summed E-state index contributed by atoms with van der Waals surface area (Å²) in [5, 5.41) is 0. The maximum atomic E-state index is 12.1. The lowest BCUT2D eigenvalue weighted by atomic mass is 10.2. The molecule has 0 unspecified atom stereocenters. The van der Waals surface area contributed by atoms with Crippen molar-refractivity contribution in [3.05, 3.63) is 29.8 Å². The molecule has 1 rings (SSSR count). The van der Waals surface area contributed by atoms with Gasteiger partial charge in [0, 0.05) is 19.6 Å². The number of rotatable bonds is 9. The standard InChI is InChI=1S/C15H23F3N2O/c1-2-3-4-10-20(11-9-19)12-13-5-7-14(8-6-13)21-15(16,17)18/h5-8H,2-4,9-12,19H2,1H3. The third-order valence-electron chi connectivity index (χ3n) is 3.09. The summed E-state index contributed by atoms with van der Waals surface area (Å²) in [6.07, 6.45) is -1.22. The average Bonchev–Trinajstić information content (AvgIpc) is 2.40. The number of alkyl halides is 3. The van der Waals surface area contributed by atoms with Crippen LogP contribution in [-0.4, -0.2) is 30.9 Å². The normalized spacial score (nSPS) is 11.9. The van der Waals surface area contributed by atoms with Gasteiger partial charge in [-0.05, 0) is 30.7 Å². The van der Waals surface area contributed by atoms with E-state index in [1.807, 2.05) is 0 Å². The molecule has 0 atom stereocenters. The minimum atomic E-state index is -4.65. The fourth-order valence-electron chi connectivity index (χ4n) is 2.09. The molecule has 120 valence electrons. The molecule has 21 heavy (non-hydrogen) atoms. The van der Waals surface area contributed by atoms with Crippen LogP contribution in [0.5, 0.6) is 5.75 Å². The highest BCUT2D eigenvalue weighted by molar-refractivity contribution is 5.27. The zero-order valence-corrected chi connectivity index (χ0v) is 12.3. The van der Waals surface area contributed by atoms with E-state index in [0.29, 0.717) is 13.1 Å².